The van der Waals surface area contributed by atoms with Gasteiger partial charge in [-0.15, -0.1) is 0 Å². The van der Waals surface area contributed by atoms with Crippen molar-refractivity contribution in [1.82, 2.24) is 15.3 Å². The Morgan fingerprint density at radius 1 is 1.10 bits per heavy atom. The molecule has 6 nitrogen and oxygen atoms in total. The number of halogens is 2. The zero-order chi connectivity index (χ0) is 21.0. The first-order valence-electron chi connectivity index (χ1n) is 9.51. The van der Waals surface area contributed by atoms with Gasteiger partial charge in [-0.25, -0.2) is 18.7 Å². The van der Waals surface area contributed by atoms with Crippen molar-refractivity contribution in [3.05, 3.63) is 64.9 Å². The van der Waals surface area contributed by atoms with Crippen LogP contribution >= 0.6 is 0 Å². The van der Waals surface area contributed by atoms with Gasteiger partial charge in [-0.1, -0.05) is 26.0 Å². The van der Waals surface area contributed by atoms with Crippen LogP contribution < -0.4 is 15.4 Å². The first kappa shape index (κ1) is 18.5. The summed E-state index contributed by atoms with van der Waals surface area (Å²) in [4.78, 5) is 20.9. The molecule has 2 aromatic carbocycles. The van der Waals surface area contributed by atoms with E-state index in [1.165, 1.54) is 6.07 Å². The molecular weight excluding hydrogens is 390 g/mol. The van der Waals surface area contributed by atoms with E-state index >= 15 is 0 Å². The molecule has 1 aromatic heterocycles. The lowest BCUT2D eigenvalue weighted by atomic mass is 9.87. The van der Waals surface area contributed by atoms with Crippen LogP contribution in [0.15, 0.2) is 36.4 Å². The topological polar surface area (TPSA) is 76.1 Å². The summed E-state index contributed by atoms with van der Waals surface area (Å²) in [6, 6.07) is 9.21. The minimum absolute atomic E-state index is 0.0839. The second-order valence-electron chi connectivity index (χ2n) is 8.01. The number of ether oxygens (including phenoxy) is 1. The molecule has 0 saturated carbocycles. The third kappa shape index (κ3) is 2.87. The second-order valence-corrected chi connectivity index (χ2v) is 8.01. The molecule has 3 aromatic rings. The van der Waals surface area contributed by atoms with E-state index in [1.807, 2.05) is 18.2 Å². The largest absolute Gasteiger partial charge is 0.492 e. The first-order chi connectivity index (χ1) is 14.3. The molecule has 152 valence electrons. The molecule has 5 rings (SSSR count). The summed E-state index contributed by atoms with van der Waals surface area (Å²) in [5.74, 6) is -1.07. The van der Waals surface area contributed by atoms with Gasteiger partial charge in [0.1, 0.15) is 28.8 Å². The van der Waals surface area contributed by atoms with E-state index in [-0.39, 0.29) is 40.6 Å². The fourth-order valence-corrected chi connectivity index (χ4v) is 3.79. The highest BCUT2D eigenvalue weighted by atomic mass is 19.1. The quantitative estimate of drug-likeness (QED) is 0.683. The van der Waals surface area contributed by atoms with Crippen LogP contribution in [0, 0.1) is 11.6 Å². The average molecular weight is 408 g/mol. The number of hydrogen-bond acceptors (Lipinski definition) is 5. The van der Waals surface area contributed by atoms with Crippen LogP contribution in [0.2, 0.25) is 0 Å². The minimum atomic E-state index is -0.772. The van der Waals surface area contributed by atoms with E-state index in [2.05, 4.69) is 34.4 Å². The number of nitrogens with zero attached hydrogens (tertiary/aromatic N) is 2. The number of fused-ring (bicyclic) bond motifs is 2. The Kier molecular flexibility index (Phi) is 3.99. The molecule has 30 heavy (non-hydrogen) atoms. The number of aromatic nitrogens is 2. The Balaban J connectivity index is 1.60. The van der Waals surface area contributed by atoms with E-state index in [9.17, 15) is 13.6 Å². The average Bonchev–Trinajstić information content (AvgIpc) is 3.21. The summed E-state index contributed by atoms with van der Waals surface area (Å²) < 4.78 is 34.4. The van der Waals surface area contributed by atoms with Gasteiger partial charge in [0.25, 0.3) is 5.91 Å². The molecule has 1 amide bonds. The lowest BCUT2D eigenvalue weighted by molar-refractivity contribution is 0.0966. The number of nitrogens with one attached hydrogen (secondary N) is 2. The van der Waals surface area contributed by atoms with Gasteiger partial charge in [0, 0.05) is 22.7 Å². The predicted molar refractivity (Wildman–Crippen MR) is 107 cm³/mol. The summed E-state index contributed by atoms with van der Waals surface area (Å²) in [7, 11) is 0. The van der Waals surface area contributed by atoms with Gasteiger partial charge < -0.3 is 15.4 Å². The maximum Gasteiger partial charge on any atom is 0.257 e. The molecule has 2 aliphatic heterocycles. The molecule has 0 bridgehead atoms. The van der Waals surface area contributed by atoms with Crippen molar-refractivity contribution < 1.29 is 18.3 Å². The van der Waals surface area contributed by atoms with E-state index in [4.69, 9.17) is 4.74 Å². The van der Waals surface area contributed by atoms with Crippen LogP contribution in [0.5, 0.6) is 5.75 Å². The van der Waals surface area contributed by atoms with Gasteiger partial charge in [-0.2, -0.15) is 0 Å². The fourth-order valence-electron chi connectivity index (χ4n) is 3.79. The van der Waals surface area contributed by atoms with Crippen molar-refractivity contribution in [2.75, 3.05) is 11.9 Å². The van der Waals surface area contributed by atoms with Crippen LogP contribution in [0.25, 0.3) is 11.4 Å². The normalized spacial score (nSPS) is 15.9. The van der Waals surface area contributed by atoms with Crippen LogP contribution in [0.4, 0.5) is 20.3 Å². The molecular formula is C22H18F2N4O2. The molecule has 0 saturated heterocycles. The molecule has 0 aliphatic carbocycles. The number of rotatable bonds is 3. The summed E-state index contributed by atoms with van der Waals surface area (Å²) in [6.07, 6.45) is 0. The zero-order valence-corrected chi connectivity index (χ0v) is 16.3. The first-order valence-corrected chi connectivity index (χ1v) is 9.51. The highest BCUT2D eigenvalue weighted by Crippen LogP contribution is 2.40. The molecule has 3 heterocycles. The maximum atomic E-state index is 14.3. The Morgan fingerprint density at radius 3 is 2.63 bits per heavy atom. The van der Waals surface area contributed by atoms with E-state index in [0.29, 0.717) is 18.0 Å². The van der Waals surface area contributed by atoms with Gasteiger partial charge in [0.05, 0.1) is 24.4 Å². The van der Waals surface area contributed by atoms with Gasteiger partial charge in [0.2, 0.25) is 0 Å². The Morgan fingerprint density at radius 2 is 1.87 bits per heavy atom. The lowest BCUT2D eigenvalue weighted by Gasteiger charge is -2.15. The number of carbonyl (C=O) groups excluding carboxylic acids is 1. The maximum absolute atomic E-state index is 14.3. The summed E-state index contributed by atoms with van der Waals surface area (Å²) in [5, 5.41) is 5.78. The minimum Gasteiger partial charge on any atom is -0.492 e. The van der Waals surface area contributed by atoms with Crippen molar-refractivity contribution in [2.45, 2.75) is 25.8 Å². The van der Waals surface area contributed by atoms with Crippen LogP contribution in [0.3, 0.4) is 0 Å². The van der Waals surface area contributed by atoms with Gasteiger partial charge in [-0.05, 0) is 18.2 Å². The number of benzene rings is 2. The number of hydrogen-bond donors (Lipinski definition) is 2. The molecule has 2 aliphatic rings. The lowest BCUT2D eigenvalue weighted by Crippen LogP contribution is -2.18. The highest BCUT2D eigenvalue weighted by Gasteiger charge is 2.32. The molecule has 0 spiro atoms. The van der Waals surface area contributed by atoms with Crippen molar-refractivity contribution in [3.8, 4) is 17.1 Å². The standard InChI is InChI=1S/C22H18F2N4O2/c1-22(2)10-30-16-8-11(6-7-12(16)22)26-20-18-15(9-25-21(18)29)27-19(28-20)17-13(23)4-3-5-14(17)24/h3-8H,9-10H2,1-2H3,(H,25,29)(H,26,27,28). The summed E-state index contributed by atoms with van der Waals surface area (Å²) in [5.41, 5.74) is 1.96. The number of anilines is 2. The fraction of sp³-hybridized carbons (Fsp3) is 0.227. The zero-order valence-electron chi connectivity index (χ0n) is 16.3. The summed E-state index contributed by atoms with van der Waals surface area (Å²) >= 11 is 0. The van der Waals surface area contributed by atoms with E-state index in [0.717, 1.165) is 23.4 Å². The molecule has 0 radical (unpaired) electrons. The number of carbonyl (C=O) groups is 1. The smallest absolute Gasteiger partial charge is 0.257 e. The van der Waals surface area contributed by atoms with Crippen molar-refractivity contribution in [3.63, 3.8) is 0 Å². The van der Waals surface area contributed by atoms with Crippen LogP contribution in [0.1, 0.15) is 35.5 Å². The molecule has 0 fully saturated rings. The van der Waals surface area contributed by atoms with Gasteiger partial charge >= 0.3 is 0 Å². The van der Waals surface area contributed by atoms with Crippen molar-refractivity contribution in [2.24, 2.45) is 0 Å². The third-order valence-electron chi connectivity index (χ3n) is 5.38. The summed E-state index contributed by atoms with van der Waals surface area (Å²) in [6.45, 7) is 4.94. The predicted octanol–water partition coefficient (Wildman–Crippen LogP) is 4.08. The second kappa shape index (κ2) is 6.48. The van der Waals surface area contributed by atoms with Crippen LogP contribution in [-0.2, 0) is 12.0 Å². The van der Waals surface area contributed by atoms with Gasteiger partial charge in [0.15, 0.2) is 5.82 Å². The van der Waals surface area contributed by atoms with E-state index < -0.39 is 11.6 Å². The van der Waals surface area contributed by atoms with Crippen molar-refractivity contribution >= 4 is 17.4 Å². The third-order valence-corrected chi connectivity index (χ3v) is 5.38. The SMILES string of the molecule is CC1(C)COc2cc(Nc3nc(-c4c(F)cccc4F)nc4c3C(=O)NC4)ccc21. The van der Waals surface area contributed by atoms with E-state index in [1.54, 1.807) is 0 Å². The Labute approximate surface area is 171 Å². The highest BCUT2D eigenvalue weighted by molar-refractivity contribution is 6.03. The molecule has 0 unspecified atom stereocenters. The Bertz CT molecular complexity index is 1190. The van der Waals surface area contributed by atoms with Gasteiger partial charge in [-0.3, -0.25) is 4.79 Å². The van der Waals surface area contributed by atoms with Crippen LogP contribution in [-0.4, -0.2) is 22.5 Å². The molecule has 2 N–H and O–H groups in total. The Hall–Kier alpha value is -3.55. The monoisotopic (exact) mass is 408 g/mol. The molecule has 0 atom stereocenters. The van der Waals surface area contributed by atoms with Crippen molar-refractivity contribution in [1.29, 1.82) is 0 Å². The number of amides is 1. The molecule has 8 heteroatoms.